The molecule has 1 fully saturated rings. The maximum absolute atomic E-state index is 12.8. The summed E-state index contributed by atoms with van der Waals surface area (Å²) in [6, 6.07) is 8.07. The molecule has 4 rings (SSSR count). The Labute approximate surface area is 189 Å². The van der Waals surface area contributed by atoms with Gasteiger partial charge in [-0.25, -0.2) is 9.78 Å². The van der Waals surface area contributed by atoms with Gasteiger partial charge in [0.2, 0.25) is 11.2 Å². The van der Waals surface area contributed by atoms with Crippen molar-refractivity contribution in [2.75, 3.05) is 11.4 Å². The zero-order valence-electron chi connectivity index (χ0n) is 17.4. The van der Waals surface area contributed by atoms with Gasteiger partial charge in [0, 0.05) is 6.04 Å². The van der Waals surface area contributed by atoms with Crippen LogP contribution in [0, 0.1) is 0 Å². The normalized spacial score (nSPS) is 15.2. The number of aliphatic hydroxyl groups excluding tert-OH is 1. The Hall–Kier alpha value is -3.24. The Balaban J connectivity index is 1.44. The highest BCUT2D eigenvalue weighted by Crippen LogP contribution is 2.33. The van der Waals surface area contributed by atoms with Crippen LogP contribution in [0.4, 0.5) is 5.82 Å². The average molecular weight is 459 g/mol. The molecular weight excluding hydrogens is 436 g/mol. The van der Waals surface area contributed by atoms with Gasteiger partial charge in [-0.3, -0.25) is 4.79 Å². The molecule has 0 radical (unpaired) electrons. The fourth-order valence-electron chi connectivity index (χ4n) is 3.33. The Bertz CT molecular complexity index is 1100. The van der Waals surface area contributed by atoms with Crippen LogP contribution in [0.1, 0.15) is 25.3 Å². The van der Waals surface area contributed by atoms with Gasteiger partial charge in [0.1, 0.15) is 12.1 Å². The number of aliphatic hydroxyl groups is 1. The minimum atomic E-state index is -1.20. The molecule has 10 nitrogen and oxygen atoms in total. The van der Waals surface area contributed by atoms with Crippen LogP contribution in [0.3, 0.4) is 0 Å². The molecule has 0 bridgehead atoms. The zero-order valence-corrected chi connectivity index (χ0v) is 18.1. The molecule has 32 heavy (non-hydrogen) atoms. The van der Waals surface area contributed by atoms with Gasteiger partial charge in [0.25, 0.3) is 0 Å². The third-order valence-electron chi connectivity index (χ3n) is 5.09. The second-order valence-electron chi connectivity index (χ2n) is 7.66. The molecule has 1 amide bonds. The lowest BCUT2D eigenvalue weighted by atomic mass is 10.2. The molecule has 0 spiro atoms. The molecule has 1 aliphatic rings. The van der Waals surface area contributed by atoms with E-state index in [4.69, 9.17) is 16.3 Å². The average Bonchev–Trinajstić information content (AvgIpc) is 3.51. The summed E-state index contributed by atoms with van der Waals surface area (Å²) in [6.45, 7) is 1.39. The first-order chi connectivity index (χ1) is 15.4. The summed E-state index contributed by atoms with van der Waals surface area (Å²) in [5.41, 5.74) is 1.78. The quantitative estimate of drug-likeness (QED) is 0.325. The summed E-state index contributed by atoms with van der Waals surface area (Å²) in [4.78, 5) is 42.6. The molecule has 168 valence electrons. The van der Waals surface area contributed by atoms with Crippen molar-refractivity contribution >= 4 is 40.5 Å². The number of nitrogens with one attached hydrogen (secondary N) is 2. The first-order valence-electron chi connectivity index (χ1n) is 10.2. The summed E-state index contributed by atoms with van der Waals surface area (Å²) in [5, 5.41) is 12.7. The van der Waals surface area contributed by atoms with Crippen molar-refractivity contribution in [3.05, 3.63) is 47.5 Å². The number of imidazole rings is 1. The predicted molar refractivity (Wildman–Crippen MR) is 117 cm³/mol. The van der Waals surface area contributed by atoms with E-state index in [0.717, 1.165) is 18.4 Å². The fourth-order valence-corrected chi connectivity index (χ4v) is 3.49. The number of hydrogen-bond donors (Lipinski definition) is 3. The van der Waals surface area contributed by atoms with Gasteiger partial charge in [0.05, 0.1) is 19.0 Å². The van der Waals surface area contributed by atoms with Crippen LogP contribution >= 0.6 is 11.6 Å². The van der Waals surface area contributed by atoms with E-state index in [1.165, 1.54) is 13.3 Å². The van der Waals surface area contributed by atoms with Crippen LogP contribution in [-0.4, -0.2) is 61.7 Å². The lowest BCUT2D eigenvalue weighted by Gasteiger charge is -2.25. The molecule has 0 unspecified atom stereocenters. The number of H-pyrrole nitrogens is 1. The zero-order chi connectivity index (χ0) is 22.7. The highest BCUT2D eigenvalue weighted by atomic mass is 35.5. The van der Waals surface area contributed by atoms with E-state index in [2.05, 4.69) is 25.3 Å². The number of benzene rings is 1. The summed E-state index contributed by atoms with van der Waals surface area (Å²) in [7, 11) is 0. The number of aromatic amines is 1. The summed E-state index contributed by atoms with van der Waals surface area (Å²) in [6.07, 6.45) is 2.13. The lowest BCUT2D eigenvalue weighted by Crippen LogP contribution is -2.51. The highest BCUT2D eigenvalue weighted by molar-refractivity contribution is 6.28. The van der Waals surface area contributed by atoms with Crippen LogP contribution in [0.5, 0.6) is 0 Å². The number of amides is 1. The first-order valence-corrected chi connectivity index (χ1v) is 10.6. The van der Waals surface area contributed by atoms with Crippen molar-refractivity contribution in [2.45, 2.75) is 44.6 Å². The van der Waals surface area contributed by atoms with Crippen molar-refractivity contribution in [2.24, 2.45) is 0 Å². The third-order valence-corrected chi connectivity index (χ3v) is 5.26. The molecule has 0 aliphatic heterocycles. The van der Waals surface area contributed by atoms with Crippen LogP contribution in [-0.2, 0) is 20.9 Å². The molecule has 1 aromatic carbocycles. The predicted octanol–water partition coefficient (Wildman–Crippen LogP) is 1.58. The molecule has 2 aromatic heterocycles. The molecule has 2 atom stereocenters. The number of halogens is 1. The second-order valence-corrected chi connectivity index (χ2v) is 7.99. The van der Waals surface area contributed by atoms with E-state index in [-0.39, 0.29) is 24.5 Å². The molecule has 1 aliphatic carbocycles. The minimum Gasteiger partial charge on any atom is -0.459 e. The number of ether oxygens (including phenoxy) is 1. The van der Waals surface area contributed by atoms with E-state index in [1.807, 2.05) is 30.3 Å². The Morgan fingerprint density at radius 1 is 1.31 bits per heavy atom. The van der Waals surface area contributed by atoms with Crippen molar-refractivity contribution < 1.29 is 19.4 Å². The Morgan fingerprint density at radius 3 is 2.75 bits per heavy atom. The number of esters is 1. The second kappa shape index (κ2) is 9.49. The molecule has 2 heterocycles. The number of aromatic nitrogens is 4. The van der Waals surface area contributed by atoms with Crippen molar-refractivity contribution in [3.63, 3.8) is 0 Å². The van der Waals surface area contributed by atoms with Gasteiger partial charge in [0.15, 0.2) is 17.5 Å². The minimum absolute atomic E-state index is 0.0250. The van der Waals surface area contributed by atoms with Crippen LogP contribution < -0.4 is 10.2 Å². The number of anilines is 1. The third kappa shape index (κ3) is 5.14. The van der Waals surface area contributed by atoms with Gasteiger partial charge in [-0.15, -0.1) is 0 Å². The number of fused-ring (bicyclic) bond motifs is 1. The van der Waals surface area contributed by atoms with E-state index in [1.54, 1.807) is 4.90 Å². The van der Waals surface area contributed by atoms with Gasteiger partial charge in [-0.05, 0) is 36.9 Å². The van der Waals surface area contributed by atoms with Crippen LogP contribution in [0.15, 0.2) is 36.7 Å². The van der Waals surface area contributed by atoms with E-state index >= 15 is 0 Å². The van der Waals surface area contributed by atoms with Crippen molar-refractivity contribution in [1.82, 2.24) is 25.3 Å². The van der Waals surface area contributed by atoms with Crippen molar-refractivity contribution in [3.8, 4) is 0 Å². The van der Waals surface area contributed by atoms with Crippen LogP contribution in [0.2, 0.25) is 5.28 Å². The lowest BCUT2D eigenvalue weighted by molar-refractivity contribution is -0.152. The maximum atomic E-state index is 12.8. The largest absolute Gasteiger partial charge is 0.459 e. The molecule has 3 aromatic rings. The number of carbonyl (C=O) groups is 2. The van der Waals surface area contributed by atoms with E-state index in [9.17, 15) is 14.7 Å². The Morgan fingerprint density at radius 2 is 2.06 bits per heavy atom. The number of carbonyl (C=O) groups excluding carboxylic acids is 2. The van der Waals surface area contributed by atoms with E-state index in [0.29, 0.717) is 17.0 Å². The topological polar surface area (TPSA) is 133 Å². The summed E-state index contributed by atoms with van der Waals surface area (Å²) < 4.78 is 5.29. The van der Waals surface area contributed by atoms with Crippen molar-refractivity contribution in [1.29, 1.82) is 0 Å². The smallest absolute Gasteiger partial charge is 0.331 e. The summed E-state index contributed by atoms with van der Waals surface area (Å²) >= 11 is 6.04. The number of nitrogens with zero attached hydrogens (tertiary/aromatic N) is 4. The fraction of sp³-hybridized carbons (Fsp3) is 0.381. The maximum Gasteiger partial charge on any atom is 0.331 e. The van der Waals surface area contributed by atoms with Crippen LogP contribution in [0.25, 0.3) is 11.2 Å². The SMILES string of the molecule is C[C@@H](O)[C@H](NC(=O)CN(c1nc(Cl)nc2nc[nH]c12)C1CC1)C(=O)OCc1ccccc1. The molecule has 0 saturated heterocycles. The monoisotopic (exact) mass is 458 g/mol. The first kappa shape index (κ1) is 22.0. The van der Waals surface area contributed by atoms with Gasteiger partial charge in [-0.1, -0.05) is 30.3 Å². The van der Waals surface area contributed by atoms with Gasteiger partial charge in [-0.2, -0.15) is 9.97 Å². The standard InChI is InChI=1S/C21H23ClN6O4/c1-12(29)16(20(31)32-10-13-5-3-2-4-6-13)25-15(30)9-28(14-7-8-14)19-17-18(24-11-23-17)26-21(22)27-19/h2-6,11-12,14,16,29H,7-10H2,1H3,(H,25,30)(H,23,24,26,27)/t12-,16+/m1/s1. The van der Waals surface area contributed by atoms with Gasteiger partial charge < -0.3 is 25.0 Å². The highest BCUT2D eigenvalue weighted by Gasteiger charge is 2.35. The Kier molecular flexibility index (Phi) is 6.52. The molecule has 1 saturated carbocycles. The number of hydrogen-bond acceptors (Lipinski definition) is 8. The molecular formula is C21H23ClN6O4. The van der Waals surface area contributed by atoms with Gasteiger partial charge >= 0.3 is 5.97 Å². The summed E-state index contributed by atoms with van der Waals surface area (Å²) in [5.74, 6) is -0.700. The molecule has 11 heteroatoms. The van der Waals surface area contributed by atoms with E-state index < -0.39 is 24.0 Å². The molecule has 3 N–H and O–H groups in total. The number of rotatable bonds is 9.